The van der Waals surface area contributed by atoms with Crippen molar-refractivity contribution in [3.8, 4) is 5.69 Å². The van der Waals surface area contributed by atoms with E-state index in [0.717, 1.165) is 11.3 Å². The van der Waals surface area contributed by atoms with E-state index in [9.17, 15) is 14.0 Å². The molecule has 0 saturated carbocycles. The summed E-state index contributed by atoms with van der Waals surface area (Å²) >= 11 is 1.28. The van der Waals surface area contributed by atoms with Gasteiger partial charge >= 0.3 is 0 Å². The van der Waals surface area contributed by atoms with E-state index in [0.29, 0.717) is 17.4 Å². The number of nitrogens with one attached hydrogen (secondary N) is 1. The second kappa shape index (κ2) is 9.53. The summed E-state index contributed by atoms with van der Waals surface area (Å²) in [6.45, 7) is 3.55. The molecular formula is C21H22FN5O2S. The number of amides is 2. The maximum Gasteiger partial charge on any atom is 0.235 e. The molecule has 0 aliphatic heterocycles. The van der Waals surface area contributed by atoms with Crippen molar-refractivity contribution >= 4 is 29.3 Å². The Labute approximate surface area is 178 Å². The molecule has 1 atom stereocenters. The van der Waals surface area contributed by atoms with Gasteiger partial charge in [0.05, 0.1) is 10.9 Å². The number of aromatic nitrogens is 3. The number of hydrogen-bond acceptors (Lipinski definition) is 5. The molecule has 3 aromatic rings. The average molecular weight is 428 g/mol. The van der Waals surface area contributed by atoms with Crippen molar-refractivity contribution in [1.29, 1.82) is 0 Å². The van der Waals surface area contributed by atoms with Gasteiger partial charge in [0.1, 0.15) is 12.1 Å². The molecule has 0 fully saturated rings. The standard InChI is InChI=1S/C21H22FN5O2S/c1-14(20(29)26(3)12-16-6-4-7-17(22)10-16)30-21-25-23-13-27(21)19-9-5-8-18(11-19)24-15(2)28/h4-11,13-14H,12H2,1-3H3,(H,24,28). The van der Waals surface area contributed by atoms with Crippen LogP contribution < -0.4 is 5.32 Å². The Bertz CT molecular complexity index is 1060. The van der Waals surface area contributed by atoms with Gasteiger partial charge in [0.15, 0.2) is 5.16 Å². The van der Waals surface area contributed by atoms with E-state index in [1.54, 1.807) is 54.0 Å². The van der Waals surface area contributed by atoms with E-state index in [1.165, 1.54) is 30.8 Å². The summed E-state index contributed by atoms with van der Waals surface area (Å²) in [6.07, 6.45) is 1.56. The molecule has 0 saturated heterocycles. The Balaban J connectivity index is 1.70. The Hall–Kier alpha value is -3.20. The first-order valence-corrected chi connectivity index (χ1v) is 10.2. The van der Waals surface area contributed by atoms with Crippen LogP contribution in [0.25, 0.3) is 5.69 Å². The number of hydrogen-bond donors (Lipinski definition) is 1. The molecule has 7 nitrogen and oxygen atoms in total. The second-order valence-corrected chi connectivity index (χ2v) is 8.11. The number of thioether (sulfide) groups is 1. The Morgan fingerprint density at radius 2 is 2.00 bits per heavy atom. The summed E-state index contributed by atoms with van der Waals surface area (Å²) in [5, 5.41) is 11.0. The van der Waals surface area contributed by atoms with Gasteiger partial charge in [-0.05, 0) is 42.8 Å². The maximum absolute atomic E-state index is 13.4. The predicted octanol–water partition coefficient (Wildman–Crippen LogP) is 3.50. The highest BCUT2D eigenvalue weighted by Gasteiger charge is 2.22. The Morgan fingerprint density at radius 1 is 1.23 bits per heavy atom. The van der Waals surface area contributed by atoms with E-state index in [-0.39, 0.29) is 17.6 Å². The van der Waals surface area contributed by atoms with Crippen LogP contribution in [-0.4, -0.2) is 43.8 Å². The third kappa shape index (κ3) is 5.44. The van der Waals surface area contributed by atoms with Crippen molar-refractivity contribution < 1.29 is 14.0 Å². The molecule has 0 bridgehead atoms. The minimum absolute atomic E-state index is 0.106. The molecule has 0 aliphatic carbocycles. The van der Waals surface area contributed by atoms with Crippen molar-refractivity contribution in [1.82, 2.24) is 19.7 Å². The quantitative estimate of drug-likeness (QED) is 0.584. The van der Waals surface area contributed by atoms with Crippen LogP contribution in [0.3, 0.4) is 0 Å². The van der Waals surface area contributed by atoms with E-state index < -0.39 is 5.25 Å². The molecule has 0 spiro atoms. The molecule has 9 heteroatoms. The van der Waals surface area contributed by atoms with Gasteiger partial charge in [-0.25, -0.2) is 4.39 Å². The highest BCUT2D eigenvalue weighted by atomic mass is 32.2. The molecule has 1 aromatic heterocycles. The van der Waals surface area contributed by atoms with Crippen LogP contribution >= 0.6 is 11.8 Å². The number of carbonyl (C=O) groups excluding carboxylic acids is 2. The normalized spacial score (nSPS) is 11.7. The highest BCUT2D eigenvalue weighted by Crippen LogP contribution is 2.26. The summed E-state index contributed by atoms with van der Waals surface area (Å²) in [7, 11) is 1.69. The first-order valence-electron chi connectivity index (χ1n) is 9.27. The number of anilines is 1. The number of carbonyl (C=O) groups is 2. The lowest BCUT2D eigenvalue weighted by molar-refractivity contribution is -0.129. The van der Waals surface area contributed by atoms with Crippen LogP contribution in [0.1, 0.15) is 19.4 Å². The molecule has 1 unspecified atom stereocenters. The summed E-state index contributed by atoms with van der Waals surface area (Å²) in [6, 6.07) is 13.5. The van der Waals surface area contributed by atoms with Gasteiger partial charge in [-0.15, -0.1) is 10.2 Å². The van der Waals surface area contributed by atoms with E-state index in [1.807, 2.05) is 12.1 Å². The monoisotopic (exact) mass is 427 g/mol. The molecule has 0 aliphatic rings. The zero-order valence-electron chi connectivity index (χ0n) is 16.9. The first-order chi connectivity index (χ1) is 14.3. The minimum Gasteiger partial charge on any atom is -0.340 e. The third-order valence-corrected chi connectivity index (χ3v) is 5.32. The van der Waals surface area contributed by atoms with Crippen LogP contribution in [0.4, 0.5) is 10.1 Å². The molecule has 1 N–H and O–H groups in total. The van der Waals surface area contributed by atoms with E-state index in [4.69, 9.17) is 0 Å². The number of nitrogens with zero attached hydrogens (tertiary/aromatic N) is 4. The van der Waals surface area contributed by atoms with Crippen LogP contribution in [0.15, 0.2) is 60.0 Å². The number of halogens is 1. The molecule has 3 rings (SSSR count). The summed E-state index contributed by atoms with van der Waals surface area (Å²) in [5.41, 5.74) is 2.14. The SMILES string of the molecule is CC(=O)Nc1cccc(-n2cnnc2SC(C)C(=O)N(C)Cc2cccc(F)c2)c1. The first kappa shape index (κ1) is 21.5. The number of benzene rings is 2. The lowest BCUT2D eigenvalue weighted by Gasteiger charge is -2.21. The van der Waals surface area contributed by atoms with Crippen molar-refractivity contribution in [3.05, 3.63) is 66.2 Å². The third-order valence-electron chi connectivity index (χ3n) is 4.28. The van der Waals surface area contributed by atoms with Gasteiger partial charge in [0.2, 0.25) is 11.8 Å². The molecule has 2 amide bonds. The zero-order valence-corrected chi connectivity index (χ0v) is 17.7. The summed E-state index contributed by atoms with van der Waals surface area (Å²) in [5.74, 6) is -0.595. The summed E-state index contributed by atoms with van der Waals surface area (Å²) in [4.78, 5) is 25.7. The van der Waals surface area contributed by atoms with Crippen molar-refractivity contribution in [2.24, 2.45) is 0 Å². The Morgan fingerprint density at radius 3 is 2.73 bits per heavy atom. The highest BCUT2D eigenvalue weighted by molar-refractivity contribution is 8.00. The van der Waals surface area contributed by atoms with E-state index >= 15 is 0 Å². The van der Waals surface area contributed by atoms with Gasteiger partial charge in [0, 0.05) is 26.2 Å². The van der Waals surface area contributed by atoms with Crippen molar-refractivity contribution in [2.75, 3.05) is 12.4 Å². The predicted molar refractivity (Wildman–Crippen MR) is 114 cm³/mol. The van der Waals surface area contributed by atoms with Gasteiger partial charge < -0.3 is 10.2 Å². The molecule has 0 radical (unpaired) electrons. The molecule has 1 heterocycles. The smallest absolute Gasteiger partial charge is 0.235 e. The van der Waals surface area contributed by atoms with E-state index in [2.05, 4.69) is 15.5 Å². The molecular weight excluding hydrogens is 405 g/mol. The van der Waals surface area contributed by atoms with Crippen molar-refractivity contribution in [2.45, 2.75) is 30.8 Å². The van der Waals surface area contributed by atoms with Crippen molar-refractivity contribution in [3.63, 3.8) is 0 Å². The van der Waals surface area contributed by atoms with Gasteiger partial charge in [-0.2, -0.15) is 0 Å². The topological polar surface area (TPSA) is 80.1 Å². The second-order valence-electron chi connectivity index (χ2n) is 6.80. The van der Waals surface area contributed by atoms with Gasteiger partial charge in [-0.1, -0.05) is 30.0 Å². The van der Waals surface area contributed by atoms with Crippen LogP contribution in [-0.2, 0) is 16.1 Å². The van der Waals surface area contributed by atoms with Gasteiger partial charge in [-0.3, -0.25) is 14.2 Å². The average Bonchev–Trinajstić information content (AvgIpc) is 3.15. The number of rotatable bonds is 7. The van der Waals surface area contributed by atoms with Crippen LogP contribution in [0, 0.1) is 5.82 Å². The fourth-order valence-corrected chi connectivity index (χ4v) is 3.88. The van der Waals surface area contributed by atoms with Crippen LogP contribution in [0.5, 0.6) is 0 Å². The zero-order chi connectivity index (χ0) is 21.7. The summed E-state index contributed by atoms with van der Waals surface area (Å²) < 4.78 is 15.1. The molecule has 30 heavy (non-hydrogen) atoms. The maximum atomic E-state index is 13.4. The van der Waals surface area contributed by atoms with Crippen LogP contribution in [0.2, 0.25) is 0 Å². The fraction of sp³-hybridized carbons (Fsp3) is 0.238. The lowest BCUT2D eigenvalue weighted by Crippen LogP contribution is -2.33. The Kier molecular flexibility index (Phi) is 6.83. The lowest BCUT2D eigenvalue weighted by atomic mass is 10.2. The molecule has 156 valence electrons. The largest absolute Gasteiger partial charge is 0.340 e. The molecule has 2 aromatic carbocycles. The minimum atomic E-state index is -0.426. The fourth-order valence-electron chi connectivity index (χ4n) is 2.92. The van der Waals surface area contributed by atoms with Gasteiger partial charge in [0.25, 0.3) is 0 Å².